The normalized spacial score (nSPS) is 15.9. The zero-order valence-electron chi connectivity index (χ0n) is 16.7. The molecule has 0 heterocycles. The van der Waals surface area contributed by atoms with Crippen molar-refractivity contribution < 1.29 is 19.5 Å². The Labute approximate surface area is 172 Å². The van der Waals surface area contributed by atoms with Gasteiger partial charge in [0.15, 0.2) is 6.61 Å². The van der Waals surface area contributed by atoms with Crippen LogP contribution in [0.2, 0.25) is 0 Å². The molecule has 0 aliphatic heterocycles. The van der Waals surface area contributed by atoms with Crippen LogP contribution in [-0.4, -0.2) is 30.5 Å². The highest BCUT2D eigenvalue weighted by molar-refractivity contribution is 5.68. The van der Waals surface area contributed by atoms with Crippen molar-refractivity contribution in [3.63, 3.8) is 0 Å². The Morgan fingerprint density at radius 2 is 1.90 bits per heavy atom. The molecule has 0 amide bonds. The molecule has 1 unspecified atom stereocenters. The molecule has 0 aromatic heterocycles. The summed E-state index contributed by atoms with van der Waals surface area (Å²) in [5.74, 6) is 0.586. The smallest absolute Gasteiger partial charge is 0.341 e. The van der Waals surface area contributed by atoms with Crippen LogP contribution in [0.3, 0.4) is 0 Å². The fourth-order valence-electron chi connectivity index (χ4n) is 3.97. The summed E-state index contributed by atoms with van der Waals surface area (Å²) in [6.07, 6.45) is 8.82. The SMILES string of the molecule is O=C(O)COc1cccc(CC=NOCC(c2ccccc2)C2CCCCC2)c1. The molecule has 154 valence electrons. The second-order valence-corrected chi connectivity index (χ2v) is 7.53. The standard InChI is InChI=1S/C24H29NO4/c26-24(27)18-28-22-13-7-8-19(16-22)14-15-25-29-17-23(20-9-3-1-4-10-20)21-11-5-2-6-12-21/h1,3-4,7-10,13,15-16,21,23H,2,5-6,11-12,14,17-18H2,(H,26,27). The van der Waals surface area contributed by atoms with Crippen molar-refractivity contribution >= 4 is 12.2 Å². The van der Waals surface area contributed by atoms with Crippen molar-refractivity contribution in [1.29, 1.82) is 0 Å². The number of nitrogens with zero attached hydrogens (tertiary/aromatic N) is 1. The zero-order chi connectivity index (χ0) is 20.3. The maximum absolute atomic E-state index is 10.6. The minimum absolute atomic E-state index is 0.345. The Bertz CT molecular complexity index is 784. The first-order valence-corrected chi connectivity index (χ1v) is 10.3. The van der Waals surface area contributed by atoms with E-state index in [1.165, 1.54) is 37.7 Å². The molecule has 1 aliphatic rings. The van der Waals surface area contributed by atoms with Gasteiger partial charge in [0.2, 0.25) is 0 Å². The number of carboxylic acids is 1. The molecular formula is C24H29NO4. The van der Waals surface area contributed by atoms with E-state index in [0.717, 1.165) is 5.56 Å². The molecular weight excluding hydrogens is 366 g/mol. The maximum atomic E-state index is 10.6. The predicted molar refractivity (Wildman–Crippen MR) is 113 cm³/mol. The summed E-state index contributed by atoms with van der Waals surface area (Å²) in [7, 11) is 0. The fourth-order valence-corrected chi connectivity index (χ4v) is 3.97. The quantitative estimate of drug-likeness (QED) is 0.451. The van der Waals surface area contributed by atoms with Gasteiger partial charge in [0, 0.05) is 18.6 Å². The van der Waals surface area contributed by atoms with Crippen LogP contribution in [0.5, 0.6) is 5.75 Å². The summed E-state index contributed by atoms with van der Waals surface area (Å²) in [5, 5.41) is 12.9. The van der Waals surface area contributed by atoms with Crippen LogP contribution in [0.15, 0.2) is 59.8 Å². The molecule has 0 bridgehead atoms. The minimum Gasteiger partial charge on any atom is -0.482 e. The third kappa shape index (κ3) is 6.93. The predicted octanol–water partition coefficient (Wildman–Crippen LogP) is 5.06. The highest BCUT2D eigenvalue weighted by Crippen LogP contribution is 2.36. The summed E-state index contributed by atoms with van der Waals surface area (Å²) in [5.41, 5.74) is 2.32. The van der Waals surface area contributed by atoms with E-state index in [1.807, 2.05) is 18.2 Å². The lowest BCUT2D eigenvalue weighted by atomic mass is 9.77. The van der Waals surface area contributed by atoms with Gasteiger partial charge in [-0.3, -0.25) is 0 Å². The maximum Gasteiger partial charge on any atom is 0.341 e. The molecule has 3 rings (SSSR count). The summed E-state index contributed by atoms with van der Waals surface area (Å²) < 4.78 is 5.21. The van der Waals surface area contributed by atoms with E-state index in [1.54, 1.807) is 12.3 Å². The fraction of sp³-hybridized carbons (Fsp3) is 0.417. The van der Waals surface area contributed by atoms with Crippen LogP contribution in [0.1, 0.15) is 49.1 Å². The monoisotopic (exact) mass is 395 g/mol. The Kier molecular flexibility index (Phi) is 8.11. The third-order valence-electron chi connectivity index (χ3n) is 5.44. The molecule has 2 aromatic carbocycles. The highest BCUT2D eigenvalue weighted by atomic mass is 16.6. The summed E-state index contributed by atoms with van der Waals surface area (Å²) >= 11 is 0. The number of oxime groups is 1. The van der Waals surface area contributed by atoms with E-state index in [0.29, 0.717) is 30.6 Å². The lowest BCUT2D eigenvalue weighted by molar-refractivity contribution is -0.139. The first-order chi connectivity index (χ1) is 14.2. The number of hydrogen-bond donors (Lipinski definition) is 1. The van der Waals surface area contributed by atoms with Crippen molar-refractivity contribution in [1.82, 2.24) is 0 Å². The molecule has 1 N–H and O–H groups in total. The largest absolute Gasteiger partial charge is 0.482 e. The summed E-state index contributed by atoms with van der Waals surface area (Å²) in [4.78, 5) is 16.3. The highest BCUT2D eigenvalue weighted by Gasteiger charge is 2.25. The van der Waals surface area contributed by atoms with Gasteiger partial charge in [-0.15, -0.1) is 0 Å². The van der Waals surface area contributed by atoms with Gasteiger partial charge in [-0.1, -0.05) is 66.9 Å². The Balaban J connectivity index is 1.52. The number of rotatable bonds is 10. The molecule has 5 nitrogen and oxygen atoms in total. The van der Waals surface area contributed by atoms with Crippen LogP contribution >= 0.6 is 0 Å². The van der Waals surface area contributed by atoms with Crippen molar-refractivity contribution in [2.45, 2.75) is 44.4 Å². The van der Waals surface area contributed by atoms with Crippen LogP contribution < -0.4 is 4.74 Å². The topological polar surface area (TPSA) is 68.1 Å². The van der Waals surface area contributed by atoms with Crippen molar-refractivity contribution in [3.05, 3.63) is 65.7 Å². The minimum atomic E-state index is -0.990. The van der Waals surface area contributed by atoms with Gasteiger partial charge in [-0.25, -0.2) is 4.79 Å². The van der Waals surface area contributed by atoms with E-state index in [-0.39, 0.29) is 6.61 Å². The van der Waals surface area contributed by atoms with E-state index >= 15 is 0 Å². The number of hydrogen-bond acceptors (Lipinski definition) is 4. The average Bonchev–Trinajstić information content (AvgIpc) is 2.76. The molecule has 0 spiro atoms. The number of benzene rings is 2. The van der Waals surface area contributed by atoms with E-state index < -0.39 is 5.97 Å². The molecule has 1 fully saturated rings. The van der Waals surface area contributed by atoms with Crippen LogP contribution in [-0.2, 0) is 16.1 Å². The van der Waals surface area contributed by atoms with Gasteiger partial charge in [0.1, 0.15) is 12.4 Å². The second-order valence-electron chi connectivity index (χ2n) is 7.53. The van der Waals surface area contributed by atoms with Crippen LogP contribution in [0.25, 0.3) is 0 Å². The third-order valence-corrected chi connectivity index (χ3v) is 5.44. The van der Waals surface area contributed by atoms with Gasteiger partial charge >= 0.3 is 5.97 Å². The van der Waals surface area contributed by atoms with E-state index in [9.17, 15) is 4.79 Å². The molecule has 5 heteroatoms. The first kappa shape index (κ1) is 20.9. The lowest BCUT2D eigenvalue weighted by Gasteiger charge is -2.29. The van der Waals surface area contributed by atoms with Crippen LogP contribution in [0, 0.1) is 5.92 Å². The number of carboxylic acid groups (broad SMARTS) is 1. The summed E-state index contributed by atoms with van der Waals surface area (Å²) in [6.45, 7) is 0.246. The van der Waals surface area contributed by atoms with Gasteiger partial charge in [-0.2, -0.15) is 0 Å². The Morgan fingerprint density at radius 1 is 1.10 bits per heavy atom. The van der Waals surface area contributed by atoms with Gasteiger partial charge in [-0.05, 0) is 42.0 Å². The molecule has 0 radical (unpaired) electrons. The lowest BCUT2D eigenvalue weighted by Crippen LogP contribution is -2.20. The van der Waals surface area contributed by atoms with Crippen molar-refractivity contribution in [2.75, 3.05) is 13.2 Å². The van der Waals surface area contributed by atoms with Crippen LogP contribution in [0.4, 0.5) is 0 Å². The molecule has 1 saturated carbocycles. The first-order valence-electron chi connectivity index (χ1n) is 10.3. The Hall–Kier alpha value is -2.82. The van der Waals surface area contributed by atoms with E-state index in [2.05, 4.69) is 35.5 Å². The van der Waals surface area contributed by atoms with Crippen molar-refractivity contribution in [2.24, 2.45) is 11.1 Å². The summed E-state index contributed by atoms with van der Waals surface area (Å²) in [6, 6.07) is 18.0. The van der Waals surface area contributed by atoms with Gasteiger partial charge < -0.3 is 14.7 Å². The molecule has 1 atom stereocenters. The Morgan fingerprint density at radius 3 is 2.66 bits per heavy atom. The molecule has 29 heavy (non-hydrogen) atoms. The molecule has 0 saturated heterocycles. The van der Waals surface area contributed by atoms with Crippen molar-refractivity contribution in [3.8, 4) is 5.75 Å². The number of aliphatic carboxylic acids is 1. The number of ether oxygens (including phenoxy) is 1. The molecule has 1 aliphatic carbocycles. The average molecular weight is 395 g/mol. The van der Waals surface area contributed by atoms with Gasteiger partial charge in [0.25, 0.3) is 0 Å². The molecule has 2 aromatic rings. The second kappa shape index (κ2) is 11.2. The van der Waals surface area contributed by atoms with E-state index in [4.69, 9.17) is 14.7 Å². The van der Waals surface area contributed by atoms with Gasteiger partial charge in [0.05, 0.1) is 0 Å². The number of carbonyl (C=O) groups is 1. The zero-order valence-corrected chi connectivity index (χ0v) is 16.7.